The van der Waals surface area contributed by atoms with Gasteiger partial charge >= 0.3 is 0 Å². The first-order valence-electron chi connectivity index (χ1n) is 4.58. The van der Waals surface area contributed by atoms with Gasteiger partial charge < -0.3 is 9.88 Å². The Hall–Kier alpha value is -1.32. The number of H-pyrrole nitrogens is 1. The third kappa shape index (κ3) is 1.71. The number of nitrogens with one attached hydrogen (secondary N) is 1. The van der Waals surface area contributed by atoms with Crippen molar-refractivity contribution < 1.29 is 0 Å². The summed E-state index contributed by atoms with van der Waals surface area (Å²) in [5.74, 6) is 1.51. The molecular formula is C9H13N3O. The molecule has 1 saturated heterocycles. The van der Waals surface area contributed by atoms with Crippen LogP contribution in [0.3, 0.4) is 0 Å². The SMILES string of the molecule is Cc1nc(N2CCCC2)cc(=O)[nH]1. The van der Waals surface area contributed by atoms with Gasteiger partial charge in [0.15, 0.2) is 0 Å². The maximum absolute atomic E-state index is 11.1. The number of aromatic nitrogens is 2. The highest BCUT2D eigenvalue weighted by atomic mass is 16.1. The fourth-order valence-corrected chi connectivity index (χ4v) is 1.67. The van der Waals surface area contributed by atoms with Gasteiger partial charge in [-0.2, -0.15) is 0 Å². The minimum Gasteiger partial charge on any atom is -0.356 e. The average Bonchev–Trinajstić information content (AvgIpc) is 2.53. The zero-order valence-corrected chi connectivity index (χ0v) is 7.71. The molecule has 0 bridgehead atoms. The normalized spacial score (nSPS) is 16.5. The molecular weight excluding hydrogens is 166 g/mol. The predicted molar refractivity (Wildman–Crippen MR) is 51.0 cm³/mol. The maximum atomic E-state index is 11.1. The molecule has 1 aliphatic heterocycles. The van der Waals surface area contributed by atoms with E-state index in [0.717, 1.165) is 18.9 Å². The highest BCUT2D eigenvalue weighted by Gasteiger charge is 2.13. The standard InChI is InChI=1S/C9H13N3O/c1-7-10-8(6-9(13)11-7)12-4-2-3-5-12/h6H,2-5H2,1H3,(H,10,11,13). The molecule has 1 aromatic rings. The minimum absolute atomic E-state index is 0.0607. The van der Waals surface area contributed by atoms with Gasteiger partial charge in [0, 0.05) is 19.2 Å². The topological polar surface area (TPSA) is 49.0 Å². The van der Waals surface area contributed by atoms with E-state index in [1.165, 1.54) is 12.8 Å². The van der Waals surface area contributed by atoms with Gasteiger partial charge in [-0.3, -0.25) is 4.79 Å². The van der Waals surface area contributed by atoms with E-state index in [-0.39, 0.29) is 5.56 Å². The molecule has 0 saturated carbocycles. The van der Waals surface area contributed by atoms with Crippen LogP contribution >= 0.6 is 0 Å². The third-order valence-corrected chi connectivity index (χ3v) is 2.28. The van der Waals surface area contributed by atoms with E-state index in [4.69, 9.17) is 0 Å². The molecule has 0 unspecified atom stereocenters. The van der Waals surface area contributed by atoms with Crippen LogP contribution in [0.5, 0.6) is 0 Å². The smallest absolute Gasteiger partial charge is 0.252 e. The Labute approximate surface area is 76.6 Å². The average molecular weight is 179 g/mol. The quantitative estimate of drug-likeness (QED) is 0.689. The molecule has 0 radical (unpaired) electrons. The van der Waals surface area contributed by atoms with Crippen molar-refractivity contribution in [2.75, 3.05) is 18.0 Å². The fraction of sp³-hybridized carbons (Fsp3) is 0.556. The predicted octanol–water partition coefficient (Wildman–Crippen LogP) is 0.679. The Kier molecular flexibility index (Phi) is 2.04. The second-order valence-corrected chi connectivity index (χ2v) is 3.38. The van der Waals surface area contributed by atoms with Crippen LogP contribution in [0.2, 0.25) is 0 Å². The Morgan fingerprint density at radius 3 is 2.77 bits per heavy atom. The van der Waals surface area contributed by atoms with Crippen molar-refractivity contribution in [1.82, 2.24) is 9.97 Å². The summed E-state index contributed by atoms with van der Waals surface area (Å²) in [5.41, 5.74) is -0.0607. The molecule has 4 heteroatoms. The first-order chi connectivity index (χ1) is 6.25. The summed E-state index contributed by atoms with van der Waals surface area (Å²) in [6.45, 7) is 3.85. The lowest BCUT2D eigenvalue weighted by Crippen LogP contribution is -2.22. The van der Waals surface area contributed by atoms with Gasteiger partial charge in [0.05, 0.1) is 0 Å². The summed E-state index contributed by atoms with van der Waals surface area (Å²) in [6, 6.07) is 1.57. The van der Waals surface area contributed by atoms with E-state index < -0.39 is 0 Å². The van der Waals surface area contributed by atoms with E-state index in [0.29, 0.717) is 5.82 Å². The van der Waals surface area contributed by atoms with Gasteiger partial charge in [-0.15, -0.1) is 0 Å². The van der Waals surface area contributed by atoms with Gasteiger partial charge in [0.2, 0.25) is 0 Å². The molecule has 0 amide bonds. The summed E-state index contributed by atoms with van der Waals surface area (Å²) in [6.07, 6.45) is 2.40. The Balaban J connectivity index is 2.33. The lowest BCUT2D eigenvalue weighted by atomic mass is 10.4. The van der Waals surface area contributed by atoms with E-state index >= 15 is 0 Å². The molecule has 13 heavy (non-hydrogen) atoms. The second-order valence-electron chi connectivity index (χ2n) is 3.38. The van der Waals surface area contributed by atoms with Crippen molar-refractivity contribution >= 4 is 5.82 Å². The van der Waals surface area contributed by atoms with E-state index in [1.54, 1.807) is 13.0 Å². The third-order valence-electron chi connectivity index (χ3n) is 2.28. The lowest BCUT2D eigenvalue weighted by molar-refractivity contribution is 0.901. The van der Waals surface area contributed by atoms with Crippen LogP contribution in [0.15, 0.2) is 10.9 Å². The van der Waals surface area contributed by atoms with Crippen LogP contribution in [0.25, 0.3) is 0 Å². The Morgan fingerprint density at radius 1 is 1.46 bits per heavy atom. The number of aromatic amines is 1. The Bertz CT molecular complexity index is 352. The summed E-state index contributed by atoms with van der Waals surface area (Å²) in [5, 5.41) is 0. The molecule has 0 aromatic carbocycles. The van der Waals surface area contributed by atoms with Crippen molar-refractivity contribution in [3.63, 3.8) is 0 Å². The molecule has 0 aliphatic carbocycles. The van der Waals surface area contributed by atoms with Crippen molar-refractivity contribution in [2.24, 2.45) is 0 Å². The van der Waals surface area contributed by atoms with Crippen molar-refractivity contribution in [3.8, 4) is 0 Å². The highest BCUT2D eigenvalue weighted by molar-refractivity contribution is 5.38. The van der Waals surface area contributed by atoms with Crippen LogP contribution in [-0.2, 0) is 0 Å². The number of hydrogen-bond donors (Lipinski definition) is 1. The maximum Gasteiger partial charge on any atom is 0.252 e. The lowest BCUT2D eigenvalue weighted by Gasteiger charge is -2.15. The fourth-order valence-electron chi connectivity index (χ4n) is 1.67. The first kappa shape index (κ1) is 8.29. The summed E-state index contributed by atoms with van der Waals surface area (Å²) in [7, 11) is 0. The van der Waals surface area contributed by atoms with Gasteiger partial charge in [-0.05, 0) is 19.8 Å². The van der Waals surface area contributed by atoms with E-state index in [9.17, 15) is 4.79 Å². The van der Waals surface area contributed by atoms with Crippen molar-refractivity contribution in [1.29, 1.82) is 0 Å². The van der Waals surface area contributed by atoms with E-state index in [2.05, 4.69) is 14.9 Å². The number of nitrogens with zero attached hydrogens (tertiary/aromatic N) is 2. The number of hydrogen-bond acceptors (Lipinski definition) is 3. The molecule has 2 rings (SSSR count). The molecule has 1 fully saturated rings. The van der Waals surface area contributed by atoms with Crippen LogP contribution in [0.1, 0.15) is 18.7 Å². The minimum atomic E-state index is -0.0607. The number of aryl methyl sites for hydroxylation is 1. The van der Waals surface area contributed by atoms with Crippen molar-refractivity contribution in [2.45, 2.75) is 19.8 Å². The first-order valence-corrected chi connectivity index (χ1v) is 4.58. The van der Waals surface area contributed by atoms with Crippen LogP contribution in [0.4, 0.5) is 5.82 Å². The van der Waals surface area contributed by atoms with E-state index in [1.807, 2.05) is 0 Å². The van der Waals surface area contributed by atoms with Crippen LogP contribution in [-0.4, -0.2) is 23.1 Å². The molecule has 4 nitrogen and oxygen atoms in total. The zero-order valence-electron chi connectivity index (χ0n) is 7.71. The molecule has 2 heterocycles. The van der Waals surface area contributed by atoms with Gasteiger partial charge in [0.1, 0.15) is 11.6 Å². The molecule has 70 valence electrons. The van der Waals surface area contributed by atoms with Crippen molar-refractivity contribution in [3.05, 3.63) is 22.2 Å². The molecule has 0 spiro atoms. The summed E-state index contributed by atoms with van der Waals surface area (Å²) >= 11 is 0. The van der Waals surface area contributed by atoms with Gasteiger partial charge in [0.25, 0.3) is 5.56 Å². The van der Waals surface area contributed by atoms with Crippen LogP contribution < -0.4 is 10.5 Å². The van der Waals surface area contributed by atoms with Gasteiger partial charge in [-0.25, -0.2) is 4.98 Å². The highest BCUT2D eigenvalue weighted by Crippen LogP contribution is 2.15. The second kappa shape index (κ2) is 3.20. The molecule has 1 N–H and O–H groups in total. The van der Waals surface area contributed by atoms with Crippen LogP contribution in [0, 0.1) is 6.92 Å². The number of anilines is 1. The Morgan fingerprint density at radius 2 is 2.15 bits per heavy atom. The zero-order chi connectivity index (χ0) is 9.26. The van der Waals surface area contributed by atoms with Gasteiger partial charge in [-0.1, -0.05) is 0 Å². The largest absolute Gasteiger partial charge is 0.356 e. The summed E-state index contributed by atoms with van der Waals surface area (Å²) < 4.78 is 0. The summed E-state index contributed by atoms with van der Waals surface area (Å²) in [4.78, 5) is 20.2. The number of rotatable bonds is 1. The molecule has 0 atom stereocenters. The monoisotopic (exact) mass is 179 g/mol. The molecule has 1 aliphatic rings. The molecule has 1 aromatic heterocycles.